The molecule has 8 heteroatoms. The van der Waals surface area contributed by atoms with Gasteiger partial charge in [-0.1, -0.05) is 18.2 Å². The Morgan fingerprint density at radius 1 is 1.21 bits per heavy atom. The number of hydrogen-bond acceptors (Lipinski definition) is 5. The lowest BCUT2D eigenvalue weighted by Gasteiger charge is -2.34. The van der Waals surface area contributed by atoms with E-state index in [9.17, 15) is 14.4 Å². The number of aromatic nitrogens is 2. The van der Waals surface area contributed by atoms with Crippen LogP contribution in [0.25, 0.3) is 0 Å². The Balaban J connectivity index is 1.61. The normalized spacial score (nSPS) is 16.5. The second kappa shape index (κ2) is 9.16. The first-order valence-electron chi connectivity index (χ1n) is 9.43. The zero-order valence-electron chi connectivity index (χ0n) is 15.8. The molecule has 2 aromatic rings. The Labute approximate surface area is 163 Å². The summed E-state index contributed by atoms with van der Waals surface area (Å²) >= 11 is 0. The van der Waals surface area contributed by atoms with Crippen LogP contribution in [0.2, 0.25) is 0 Å². The van der Waals surface area contributed by atoms with Crippen molar-refractivity contribution in [2.24, 2.45) is 0 Å². The molecule has 1 N–H and O–H groups in total. The number of carbonyl (C=O) groups excluding carboxylic acids is 3. The van der Waals surface area contributed by atoms with Gasteiger partial charge >= 0.3 is 5.97 Å². The minimum Gasteiger partial charge on any atom is -0.464 e. The second-order valence-electron chi connectivity index (χ2n) is 6.60. The zero-order chi connectivity index (χ0) is 19.9. The van der Waals surface area contributed by atoms with Gasteiger partial charge in [-0.15, -0.1) is 0 Å². The van der Waals surface area contributed by atoms with E-state index in [4.69, 9.17) is 4.74 Å². The second-order valence-corrected chi connectivity index (χ2v) is 6.60. The quantitative estimate of drug-likeness (QED) is 0.770. The van der Waals surface area contributed by atoms with Gasteiger partial charge in [-0.2, -0.15) is 5.10 Å². The fourth-order valence-corrected chi connectivity index (χ4v) is 3.25. The number of nitrogens with one attached hydrogen (secondary N) is 1. The summed E-state index contributed by atoms with van der Waals surface area (Å²) in [6.07, 6.45) is 5.46. The van der Waals surface area contributed by atoms with Gasteiger partial charge in [-0.3, -0.25) is 14.3 Å². The largest absolute Gasteiger partial charge is 0.464 e. The molecule has 0 unspecified atom stereocenters. The molecule has 1 aliphatic heterocycles. The molecule has 1 saturated heterocycles. The predicted octanol–water partition coefficient (Wildman–Crippen LogP) is 2.08. The Bertz CT molecular complexity index is 834. The smallest absolute Gasteiger partial charge is 0.328 e. The van der Waals surface area contributed by atoms with Crippen LogP contribution < -0.4 is 5.32 Å². The molecule has 148 valence electrons. The lowest BCUT2D eigenvalue weighted by atomic mass is 10.0. The monoisotopic (exact) mass is 384 g/mol. The predicted molar refractivity (Wildman–Crippen MR) is 103 cm³/mol. The van der Waals surface area contributed by atoms with E-state index in [2.05, 4.69) is 10.4 Å². The van der Waals surface area contributed by atoms with E-state index in [0.29, 0.717) is 30.8 Å². The number of ether oxygens (including phenoxy) is 1. The van der Waals surface area contributed by atoms with Crippen molar-refractivity contribution in [3.8, 4) is 0 Å². The van der Waals surface area contributed by atoms with Crippen LogP contribution in [-0.2, 0) is 20.9 Å². The minimum atomic E-state index is -0.533. The Kier molecular flexibility index (Phi) is 6.41. The maximum Gasteiger partial charge on any atom is 0.328 e. The van der Waals surface area contributed by atoms with Crippen LogP contribution in [0.15, 0.2) is 42.7 Å². The summed E-state index contributed by atoms with van der Waals surface area (Å²) in [5.74, 6) is -0.793. The van der Waals surface area contributed by atoms with Gasteiger partial charge in [0.25, 0.3) is 5.91 Å². The van der Waals surface area contributed by atoms with Crippen LogP contribution in [0.4, 0.5) is 5.69 Å². The van der Waals surface area contributed by atoms with Gasteiger partial charge in [0.05, 0.1) is 18.5 Å². The van der Waals surface area contributed by atoms with Crippen LogP contribution in [0.5, 0.6) is 0 Å². The molecular weight excluding hydrogens is 360 g/mol. The highest BCUT2D eigenvalue weighted by Gasteiger charge is 2.33. The van der Waals surface area contributed by atoms with Gasteiger partial charge in [0.1, 0.15) is 12.6 Å². The Morgan fingerprint density at radius 2 is 2.00 bits per heavy atom. The standard InChI is InChI=1S/C20H24N4O4/c1-2-28-20(27)17-10-6-7-11-24(17)18(25)14-23-13-16(12-21-23)22-19(26)15-8-4-3-5-9-15/h3-5,8-9,12-13,17H,2,6-7,10-11,14H2,1H3,(H,22,26)/t17-/m0/s1. The number of rotatable bonds is 6. The number of benzene rings is 1. The van der Waals surface area contributed by atoms with Crippen LogP contribution in [-0.4, -0.2) is 51.7 Å². The van der Waals surface area contributed by atoms with Crippen molar-refractivity contribution in [2.75, 3.05) is 18.5 Å². The lowest BCUT2D eigenvalue weighted by molar-refractivity contribution is -0.156. The summed E-state index contributed by atoms with van der Waals surface area (Å²) in [5, 5.41) is 6.90. The number of likely N-dealkylation sites (tertiary alicyclic amines) is 1. The first-order chi connectivity index (χ1) is 13.6. The number of anilines is 1. The highest BCUT2D eigenvalue weighted by molar-refractivity contribution is 6.04. The number of amides is 2. The van der Waals surface area contributed by atoms with Crippen molar-refractivity contribution in [1.82, 2.24) is 14.7 Å². The third-order valence-electron chi connectivity index (χ3n) is 4.61. The first-order valence-corrected chi connectivity index (χ1v) is 9.43. The summed E-state index contributed by atoms with van der Waals surface area (Å²) < 4.78 is 6.56. The first kappa shape index (κ1) is 19.6. The maximum atomic E-state index is 12.7. The molecular formula is C20H24N4O4. The molecule has 1 fully saturated rings. The lowest BCUT2D eigenvalue weighted by Crippen LogP contribution is -2.49. The van der Waals surface area contributed by atoms with Crippen LogP contribution >= 0.6 is 0 Å². The maximum absolute atomic E-state index is 12.7. The van der Waals surface area contributed by atoms with E-state index in [1.807, 2.05) is 6.07 Å². The van der Waals surface area contributed by atoms with Crippen molar-refractivity contribution in [2.45, 2.75) is 38.8 Å². The number of esters is 1. The van der Waals surface area contributed by atoms with E-state index < -0.39 is 6.04 Å². The molecule has 0 radical (unpaired) electrons. The number of piperidine rings is 1. The summed E-state index contributed by atoms with van der Waals surface area (Å²) in [4.78, 5) is 38.6. The average molecular weight is 384 g/mol. The number of hydrogen-bond donors (Lipinski definition) is 1. The van der Waals surface area contributed by atoms with Crippen molar-refractivity contribution >= 4 is 23.5 Å². The molecule has 0 saturated carbocycles. The van der Waals surface area contributed by atoms with Crippen LogP contribution in [0.1, 0.15) is 36.5 Å². The molecule has 0 spiro atoms. The average Bonchev–Trinajstić information content (AvgIpc) is 3.15. The summed E-state index contributed by atoms with van der Waals surface area (Å²) in [6, 6.07) is 8.31. The molecule has 2 amide bonds. The highest BCUT2D eigenvalue weighted by Crippen LogP contribution is 2.19. The van der Waals surface area contributed by atoms with Crippen molar-refractivity contribution < 1.29 is 19.1 Å². The fraction of sp³-hybridized carbons (Fsp3) is 0.400. The molecule has 1 aliphatic rings. The van der Waals surface area contributed by atoms with Crippen molar-refractivity contribution in [3.63, 3.8) is 0 Å². The summed E-state index contributed by atoms with van der Waals surface area (Å²) in [5.41, 5.74) is 1.04. The third kappa shape index (κ3) is 4.76. The molecule has 1 aromatic heterocycles. The zero-order valence-corrected chi connectivity index (χ0v) is 15.8. The highest BCUT2D eigenvalue weighted by atomic mass is 16.5. The molecule has 2 heterocycles. The van der Waals surface area contributed by atoms with E-state index in [1.165, 1.54) is 10.9 Å². The van der Waals surface area contributed by atoms with Crippen molar-refractivity contribution in [1.29, 1.82) is 0 Å². The topological polar surface area (TPSA) is 93.5 Å². The fourth-order valence-electron chi connectivity index (χ4n) is 3.25. The van der Waals surface area contributed by atoms with Gasteiger partial charge in [0, 0.05) is 18.3 Å². The molecule has 3 rings (SSSR count). The van der Waals surface area contributed by atoms with E-state index in [0.717, 1.165) is 12.8 Å². The number of carbonyl (C=O) groups is 3. The molecule has 1 atom stereocenters. The molecule has 8 nitrogen and oxygen atoms in total. The van der Waals surface area contributed by atoms with E-state index in [-0.39, 0.29) is 24.3 Å². The third-order valence-corrected chi connectivity index (χ3v) is 4.61. The SMILES string of the molecule is CCOC(=O)[C@@H]1CCCCN1C(=O)Cn1cc(NC(=O)c2ccccc2)cn1. The minimum absolute atomic E-state index is 0.00286. The molecule has 1 aromatic carbocycles. The van der Waals surface area contributed by atoms with Gasteiger partial charge in [0.2, 0.25) is 5.91 Å². The van der Waals surface area contributed by atoms with Gasteiger partial charge in [-0.25, -0.2) is 4.79 Å². The molecule has 28 heavy (non-hydrogen) atoms. The van der Waals surface area contributed by atoms with Crippen molar-refractivity contribution in [3.05, 3.63) is 48.3 Å². The summed E-state index contributed by atoms with van der Waals surface area (Å²) in [7, 11) is 0. The van der Waals surface area contributed by atoms with Gasteiger partial charge < -0.3 is 15.0 Å². The molecule has 0 aliphatic carbocycles. The van der Waals surface area contributed by atoms with E-state index in [1.54, 1.807) is 42.3 Å². The molecule has 0 bridgehead atoms. The van der Waals surface area contributed by atoms with Crippen LogP contribution in [0, 0.1) is 0 Å². The van der Waals surface area contributed by atoms with Gasteiger partial charge in [0.15, 0.2) is 0 Å². The Morgan fingerprint density at radius 3 is 2.75 bits per heavy atom. The van der Waals surface area contributed by atoms with Crippen LogP contribution in [0.3, 0.4) is 0 Å². The van der Waals surface area contributed by atoms with Gasteiger partial charge in [-0.05, 0) is 38.3 Å². The van der Waals surface area contributed by atoms with E-state index >= 15 is 0 Å². The summed E-state index contributed by atoms with van der Waals surface area (Å²) in [6.45, 7) is 2.57. The Hall–Kier alpha value is -3.16. The number of nitrogens with zero attached hydrogens (tertiary/aromatic N) is 3.